The van der Waals surface area contributed by atoms with Crippen LogP contribution in [0, 0.1) is 0 Å². The van der Waals surface area contributed by atoms with Crippen LogP contribution in [0.15, 0.2) is 29.2 Å². The van der Waals surface area contributed by atoms with Crippen LogP contribution in [0.25, 0.3) is 0 Å². The van der Waals surface area contributed by atoms with Crippen LogP contribution >= 0.6 is 0 Å². The Hall–Kier alpha value is 0.0900. The first kappa shape index (κ1) is 23.1. The van der Waals surface area contributed by atoms with Crippen molar-refractivity contribution in [2.75, 3.05) is 6.54 Å². The van der Waals surface area contributed by atoms with Gasteiger partial charge in [0.05, 0.1) is 4.90 Å². The zero-order valence-electron chi connectivity index (χ0n) is 13.3. The van der Waals surface area contributed by atoms with Crippen LogP contribution in [0.3, 0.4) is 0 Å². The van der Waals surface area contributed by atoms with E-state index in [1.54, 1.807) is 12.1 Å². The van der Waals surface area contributed by atoms with Gasteiger partial charge < -0.3 is 5.73 Å². The Morgan fingerprint density at radius 3 is 1.65 bits per heavy atom. The number of aryl methyl sites for hydroxylation is 1. The van der Waals surface area contributed by atoms with Gasteiger partial charge in [0.25, 0.3) is 10.1 Å². The average molecular weight is 351 g/mol. The van der Waals surface area contributed by atoms with Crippen LogP contribution in [0.4, 0.5) is 0 Å². The fourth-order valence-corrected chi connectivity index (χ4v) is 3.02. The molecule has 6 heteroatoms. The Morgan fingerprint density at radius 2 is 1.22 bits per heavy atom. The Balaban J connectivity index is 0.00000484. The molecule has 0 unspecified atom stereocenters. The van der Waals surface area contributed by atoms with Crippen molar-refractivity contribution in [1.29, 1.82) is 0 Å². The van der Waals surface area contributed by atoms with Crippen molar-refractivity contribution >= 4 is 39.7 Å². The second kappa shape index (κ2) is 13.4. The third kappa shape index (κ3) is 11.3. The zero-order valence-corrected chi connectivity index (χ0v) is 14.2. The molecule has 1 aromatic carbocycles. The summed E-state index contributed by atoms with van der Waals surface area (Å²) in [6.45, 7) is 0.811. The van der Waals surface area contributed by atoms with E-state index >= 15 is 0 Å². The molecular formula is C17H30NNaO3S. The molecule has 1 rings (SSSR count). The molecule has 3 N–H and O–H groups in total. The number of hydrogen-bond acceptors (Lipinski definition) is 3. The van der Waals surface area contributed by atoms with E-state index in [1.807, 2.05) is 0 Å². The molecule has 0 fully saturated rings. The molecule has 128 valence electrons. The zero-order chi connectivity index (χ0) is 16.3. The summed E-state index contributed by atoms with van der Waals surface area (Å²) < 4.78 is 30.8. The van der Waals surface area contributed by atoms with E-state index < -0.39 is 10.1 Å². The minimum atomic E-state index is -4.07. The maximum absolute atomic E-state index is 10.9. The van der Waals surface area contributed by atoms with Gasteiger partial charge in [-0.2, -0.15) is 8.42 Å². The summed E-state index contributed by atoms with van der Waals surface area (Å²) in [5.74, 6) is 0. The summed E-state index contributed by atoms with van der Waals surface area (Å²) >= 11 is 0. The quantitative estimate of drug-likeness (QED) is 0.344. The SMILES string of the molecule is NCCCCCCCCCCCc1ccc(S(=O)(=O)O)cc1.[NaH]. The van der Waals surface area contributed by atoms with Crippen molar-refractivity contribution in [1.82, 2.24) is 0 Å². The molecule has 0 aromatic heterocycles. The van der Waals surface area contributed by atoms with Gasteiger partial charge in [-0.15, -0.1) is 0 Å². The summed E-state index contributed by atoms with van der Waals surface area (Å²) in [4.78, 5) is -0.0362. The first-order valence-corrected chi connectivity index (χ1v) is 9.74. The molecule has 0 amide bonds. The molecule has 0 saturated carbocycles. The van der Waals surface area contributed by atoms with Gasteiger partial charge >= 0.3 is 29.6 Å². The number of unbranched alkanes of at least 4 members (excludes halogenated alkanes) is 8. The fraction of sp³-hybridized carbons (Fsp3) is 0.647. The van der Waals surface area contributed by atoms with Crippen molar-refractivity contribution < 1.29 is 13.0 Å². The number of hydrogen-bond donors (Lipinski definition) is 2. The average Bonchev–Trinajstić information content (AvgIpc) is 2.49. The molecule has 0 bridgehead atoms. The third-order valence-electron chi connectivity index (χ3n) is 3.89. The third-order valence-corrected chi connectivity index (χ3v) is 4.76. The normalized spacial score (nSPS) is 11.2. The summed E-state index contributed by atoms with van der Waals surface area (Å²) in [6.07, 6.45) is 12.2. The van der Waals surface area contributed by atoms with Crippen molar-refractivity contribution in [3.63, 3.8) is 0 Å². The van der Waals surface area contributed by atoms with Crippen molar-refractivity contribution in [2.45, 2.75) is 69.1 Å². The Kier molecular flexibility index (Phi) is 13.4. The van der Waals surface area contributed by atoms with E-state index in [0.717, 1.165) is 31.4 Å². The Labute approximate surface area is 163 Å². The molecule has 0 aliphatic rings. The predicted octanol–water partition coefficient (Wildman–Crippen LogP) is 3.30. The standard InChI is InChI=1S/C17H29NO3S.Na.H/c18-15-9-7-5-3-1-2-4-6-8-10-16-11-13-17(14-12-16)22(19,20)21;;/h11-14H,1-10,15,18H2,(H,19,20,21);;. The van der Waals surface area contributed by atoms with E-state index in [4.69, 9.17) is 10.3 Å². The van der Waals surface area contributed by atoms with Gasteiger partial charge in [-0.1, -0.05) is 57.1 Å². The monoisotopic (exact) mass is 351 g/mol. The van der Waals surface area contributed by atoms with Gasteiger partial charge in [0.15, 0.2) is 0 Å². The summed E-state index contributed by atoms with van der Waals surface area (Å²) in [5, 5.41) is 0. The molecular weight excluding hydrogens is 321 g/mol. The van der Waals surface area contributed by atoms with Crippen LogP contribution < -0.4 is 5.73 Å². The minimum absolute atomic E-state index is 0. The van der Waals surface area contributed by atoms with Crippen LogP contribution in [-0.2, 0) is 16.5 Å². The van der Waals surface area contributed by atoms with Crippen LogP contribution in [0.1, 0.15) is 63.4 Å². The van der Waals surface area contributed by atoms with E-state index in [9.17, 15) is 8.42 Å². The van der Waals surface area contributed by atoms with Gasteiger partial charge in [0.1, 0.15) is 0 Å². The predicted molar refractivity (Wildman–Crippen MR) is 97.7 cm³/mol. The molecule has 0 heterocycles. The Bertz CT molecular complexity index is 503. The van der Waals surface area contributed by atoms with E-state index in [2.05, 4.69) is 0 Å². The van der Waals surface area contributed by atoms with E-state index in [-0.39, 0.29) is 34.5 Å². The molecule has 0 spiro atoms. The van der Waals surface area contributed by atoms with E-state index in [0.29, 0.717) is 0 Å². The van der Waals surface area contributed by atoms with Crippen molar-refractivity contribution in [3.8, 4) is 0 Å². The molecule has 0 aliphatic heterocycles. The van der Waals surface area contributed by atoms with Gasteiger partial charge in [-0.3, -0.25) is 4.55 Å². The van der Waals surface area contributed by atoms with Gasteiger partial charge in [-0.25, -0.2) is 0 Å². The van der Waals surface area contributed by atoms with Gasteiger partial charge in [0.2, 0.25) is 0 Å². The fourth-order valence-electron chi connectivity index (χ4n) is 2.54. The molecule has 1 aromatic rings. The van der Waals surface area contributed by atoms with Crippen molar-refractivity contribution in [2.24, 2.45) is 5.73 Å². The second-order valence-corrected chi connectivity index (χ2v) is 7.26. The second-order valence-electron chi connectivity index (χ2n) is 5.84. The van der Waals surface area contributed by atoms with Crippen LogP contribution in [-0.4, -0.2) is 49.1 Å². The van der Waals surface area contributed by atoms with Crippen LogP contribution in [0.5, 0.6) is 0 Å². The molecule has 0 atom stereocenters. The first-order valence-electron chi connectivity index (χ1n) is 8.30. The van der Waals surface area contributed by atoms with E-state index in [1.165, 1.54) is 57.1 Å². The molecule has 0 radical (unpaired) electrons. The number of rotatable bonds is 12. The molecule has 23 heavy (non-hydrogen) atoms. The Morgan fingerprint density at radius 1 is 0.783 bits per heavy atom. The topological polar surface area (TPSA) is 80.4 Å². The maximum atomic E-state index is 10.9. The summed E-state index contributed by atoms with van der Waals surface area (Å²) in [6, 6.07) is 6.49. The molecule has 0 aliphatic carbocycles. The first-order chi connectivity index (χ1) is 10.5. The number of benzene rings is 1. The van der Waals surface area contributed by atoms with Gasteiger partial charge in [-0.05, 0) is 43.5 Å². The summed E-state index contributed by atoms with van der Waals surface area (Å²) in [5.41, 5.74) is 6.58. The summed E-state index contributed by atoms with van der Waals surface area (Å²) in [7, 11) is -4.07. The van der Waals surface area contributed by atoms with Crippen molar-refractivity contribution in [3.05, 3.63) is 29.8 Å². The number of nitrogens with two attached hydrogens (primary N) is 1. The molecule has 0 saturated heterocycles. The molecule has 4 nitrogen and oxygen atoms in total. The van der Waals surface area contributed by atoms with Crippen LogP contribution in [0.2, 0.25) is 0 Å². The van der Waals surface area contributed by atoms with Gasteiger partial charge in [0, 0.05) is 0 Å².